The monoisotopic (exact) mass is 631 g/mol. The zero-order valence-corrected chi connectivity index (χ0v) is 25.6. The number of carbonyl (C=O) groups is 2. The third kappa shape index (κ3) is 7.33. The van der Waals surface area contributed by atoms with Gasteiger partial charge >= 0.3 is 0 Å². The summed E-state index contributed by atoms with van der Waals surface area (Å²) in [5.74, 6) is 0.183. The Bertz CT molecular complexity index is 1450. The largest absolute Gasteiger partial charge is 0.497 e. The highest BCUT2D eigenvalue weighted by Crippen LogP contribution is 2.31. The highest BCUT2D eigenvalue weighted by atomic mass is 79.9. The van der Waals surface area contributed by atoms with Crippen LogP contribution in [0.15, 0.2) is 76.1 Å². The molecular weight excluding hydrogens is 598 g/mol. The number of carbonyl (C=O) groups excluding carboxylic acids is 2. The van der Waals surface area contributed by atoms with Crippen molar-refractivity contribution in [3.05, 3.63) is 82.3 Å². The Hall–Kier alpha value is -3.57. The lowest BCUT2D eigenvalue weighted by Crippen LogP contribution is -2.51. The molecule has 9 nitrogen and oxygen atoms in total. The van der Waals surface area contributed by atoms with Crippen LogP contribution in [0.25, 0.3) is 0 Å². The molecular formula is C29H34BrN3O6S. The molecule has 40 heavy (non-hydrogen) atoms. The smallest absolute Gasteiger partial charge is 0.264 e. The molecule has 1 atom stereocenters. The minimum Gasteiger partial charge on any atom is -0.497 e. The number of amides is 2. The van der Waals surface area contributed by atoms with E-state index in [-0.39, 0.29) is 17.3 Å². The summed E-state index contributed by atoms with van der Waals surface area (Å²) in [5, 5.41) is 2.75. The first-order chi connectivity index (χ1) is 19.0. The molecule has 0 aliphatic heterocycles. The van der Waals surface area contributed by atoms with Crippen molar-refractivity contribution in [1.29, 1.82) is 0 Å². The average molecular weight is 633 g/mol. The molecule has 0 aliphatic rings. The van der Waals surface area contributed by atoms with Crippen LogP contribution in [0.5, 0.6) is 11.5 Å². The van der Waals surface area contributed by atoms with Gasteiger partial charge in [-0.15, -0.1) is 0 Å². The second-order valence-electron chi connectivity index (χ2n) is 9.09. The molecule has 0 fully saturated rings. The normalized spacial score (nSPS) is 11.8. The zero-order valence-electron chi connectivity index (χ0n) is 23.2. The van der Waals surface area contributed by atoms with Crippen LogP contribution < -0.4 is 19.1 Å². The molecule has 0 aliphatic carbocycles. The first kappa shape index (κ1) is 31.0. The summed E-state index contributed by atoms with van der Waals surface area (Å²) in [7, 11) is -1.18. The van der Waals surface area contributed by atoms with Gasteiger partial charge < -0.3 is 19.7 Å². The summed E-state index contributed by atoms with van der Waals surface area (Å²) in [6, 6.07) is 17.5. The number of nitrogens with zero attached hydrogens (tertiary/aromatic N) is 2. The molecule has 0 bridgehead atoms. The number of nitrogens with one attached hydrogen (secondary N) is 1. The highest BCUT2D eigenvalue weighted by molar-refractivity contribution is 9.10. The molecule has 214 valence electrons. The maximum Gasteiger partial charge on any atom is 0.264 e. The van der Waals surface area contributed by atoms with Crippen molar-refractivity contribution in [1.82, 2.24) is 10.2 Å². The summed E-state index contributed by atoms with van der Waals surface area (Å²) >= 11 is 3.35. The van der Waals surface area contributed by atoms with E-state index in [4.69, 9.17) is 9.47 Å². The van der Waals surface area contributed by atoms with E-state index < -0.39 is 28.5 Å². The van der Waals surface area contributed by atoms with Crippen LogP contribution in [-0.2, 0) is 26.2 Å². The SMILES string of the molecule is CCNC(=O)C(C)N(Cc1cccc(OC)c1)C(=O)CN(c1ccc(C)cc1)S(=O)(=O)c1ccc(OC)c(Br)c1. The molecule has 1 N–H and O–H groups in total. The van der Waals surface area contributed by atoms with Crippen LogP contribution in [0.4, 0.5) is 5.69 Å². The number of ether oxygens (including phenoxy) is 2. The molecule has 3 aromatic rings. The zero-order chi connectivity index (χ0) is 29.4. The lowest BCUT2D eigenvalue weighted by molar-refractivity contribution is -0.139. The van der Waals surface area contributed by atoms with Gasteiger partial charge in [0, 0.05) is 13.1 Å². The van der Waals surface area contributed by atoms with Crippen molar-refractivity contribution >= 4 is 43.5 Å². The summed E-state index contributed by atoms with van der Waals surface area (Å²) in [4.78, 5) is 28.1. The van der Waals surface area contributed by atoms with Gasteiger partial charge in [0.2, 0.25) is 11.8 Å². The van der Waals surface area contributed by atoms with E-state index in [2.05, 4.69) is 21.2 Å². The van der Waals surface area contributed by atoms with Crippen LogP contribution in [-0.4, -0.2) is 58.5 Å². The van der Waals surface area contributed by atoms with Gasteiger partial charge in [0.15, 0.2) is 0 Å². The van der Waals surface area contributed by atoms with Crippen LogP contribution in [0.2, 0.25) is 0 Å². The van der Waals surface area contributed by atoms with Crippen LogP contribution in [0.1, 0.15) is 25.0 Å². The Morgan fingerprint density at radius 1 is 1.00 bits per heavy atom. The molecule has 0 spiro atoms. The summed E-state index contributed by atoms with van der Waals surface area (Å²) in [5.41, 5.74) is 1.98. The Kier molecular flexibility index (Phi) is 10.6. The van der Waals surface area contributed by atoms with Crippen molar-refractivity contribution < 1.29 is 27.5 Å². The van der Waals surface area contributed by atoms with Gasteiger partial charge in [0.05, 0.1) is 29.3 Å². The van der Waals surface area contributed by atoms with Gasteiger partial charge in [-0.2, -0.15) is 0 Å². The number of sulfonamides is 1. The topological polar surface area (TPSA) is 105 Å². The molecule has 0 saturated heterocycles. The van der Waals surface area contributed by atoms with E-state index in [1.54, 1.807) is 69.5 Å². The van der Waals surface area contributed by atoms with E-state index in [9.17, 15) is 18.0 Å². The number of benzene rings is 3. The Labute approximate surface area is 244 Å². The third-order valence-corrected chi connectivity index (χ3v) is 8.71. The first-order valence-electron chi connectivity index (χ1n) is 12.6. The molecule has 3 rings (SSSR count). The number of halogens is 1. The number of methoxy groups -OCH3 is 2. The van der Waals surface area contributed by atoms with Gasteiger partial charge in [0.25, 0.3) is 10.0 Å². The van der Waals surface area contributed by atoms with Crippen molar-refractivity contribution in [3.63, 3.8) is 0 Å². The van der Waals surface area contributed by atoms with E-state index in [0.717, 1.165) is 15.4 Å². The number of hydrogen-bond acceptors (Lipinski definition) is 6. The molecule has 1 unspecified atom stereocenters. The highest BCUT2D eigenvalue weighted by Gasteiger charge is 2.32. The number of likely N-dealkylation sites (N-methyl/N-ethyl adjacent to an activating group) is 1. The lowest BCUT2D eigenvalue weighted by atomic mass is 10.1. The van der Waals surface area contributed by atoms with Crippen molar-refractivity contribution in [2.24, 2.45) is 0 Å². The van der Waals surface area contributed by atoms with Gasteiger partial charge in [-0.05, 0) is 84.7 Å². The maximum atomic E-state index is 14.0. The predicted octanol–water partition coefficient (Wildman–Crippen LogP) is 4.52. The molecule has 0 saturated carbocycles. The van der Waals surface area contributed by atoms with Gasteiger partial charge in [-0.3, -0.25) is 13.9 Å². The Morgan fingerprint density at radius 3 is 2.30 bits per heavy atom. The van der Waals surface area contributed by atoms with Crippen molar-refractivity contribution in [3.8, 4) is 11.5 Å². The number of rotatable bonds is 12. The molecule has 0 radical (unpaired) electrons. The molecule has 0 aromatic heterocycles. The number of hydrogen-bond donors (Lipinski definition) is 1. The minimum absolute atomic E-state index is 0.0235. The fourth-order valence-corrected chi connectivity index (χ4v) is 6.18. The number of aryl methyl sites for hydroxylation is 1. The van der Waals surface area contributed by atoms with Crippen LogP contribution in [0, 0.1) is 6.92 Å². The second kappa shape index (κ2) is 13.7. The Balaban J connectivity index is 2.05. The molecule has 3 aromatic carbocycles. The summed E-state index contributed by atoms with van der Waals surface area (Å²) < 4.78 is 40.0. The fourth-order valence-electron chi connectivity index (χ4n) is 4.05. The predicted molar refractivity (Wildman–Crippen MR) is 158 cm³/mol. The number of anilines is 1. The van der Waals surface area contributed by atoms with E-state index in [1.165, 1.54) is 24.1 Å². The van der Waals surface area contributed by atoms with Crippen molar-refractivity contribution in [2.75, 3.05) is 31.6 Å². The maximum absolute atomic E-state index is 14.0. The van der Waals surface area contributed by atoms with E-state index >= 15 is 0 Å². The molecule has 2 amide bonds. The standard InChI is InChI=1S/C29H34BrN3O6S/c1-6-31-29(35)21(3)32(18-22-8-7-9-24(16-22)38-4)28(34)19-33(23-12-10-20(2)11-13-23)40(36,37)25-14-15-27(39-5)26(30)17-25/h7-17,21H,6,18-19H2,1-5H3,(H,31,35). The first-order valence-corrected chi connectivity index (χ1v) is 14.9. The van der Waals surface area contributed by atoms with Gasteiger partial charge in [0.1, 0.15) is 24.1 Å². The van der Waals surface area contributed by atoms with Gasteiger partial charge in [-0.1, -0.05) is 29.8 Å². The van der Waals surface area contributed by atoms with Crippen molar-refractivity contribution in [2.45, 2.75) is 38.3 Å². The molecule has 11 heteroatoms. The summed E-state index contributed by atoms with van der Waals surface area (Å²) in [6.07, 6.45) is 0. The van der Waals surface area contributed by atoms with E-state index in [1.807, 2.05) is 13.0 Å². The average Bonchev–Trinajstić information content (AvgIpc) is 2.94. The van der Waals surface area contributed by atoms with E-state index in [0.29, 0.717) is 28.2 Å². The second-order valence-corrected chi connectivity index (χ2v) is 11.8. The van der Waals surface area contributed by atoms with Crippen LogP contribution in [0.3, 0.4) is 0 Å². The Morgan fingerprint density at radius 2 is 1.70 bits per heavy atom. The van der Waals surface area contributed by atoms with Gasteiger partial charge in [-0.25, -0.2) is 8.42 Å². The fraction of sp³-hybridized carbons (Fsp3) is 0.310. The lowest BCUT2D eigenvalue weighted by Gasteiger charge is -2.32. The quantitative estimate of drug-likeness (QED) is 0.315. The minimum atomic E-state index is -4.20. The van der Waals surface area contributed by atoms with Crippen LogP contribution >= 0.6 is 15.9 Å². The summed E-state index contributed by atoms with van der Waals surface area (Å²) in [6.45, 7) is 5.23. The molecule has 0 heterocycles. The third-order valence-electron chi connectivity index (χ3n) is 6.32.